The van der Waals surface area contributed by atoms with Crippen molar-refractivity contribution in [1.82, 2.24) is 14.8 Å². The second-order valence-electron chi connectivity index (χ2n) is 6.58. The van der Waals surface area contributed by atoms with Crippen LogP contribution in [0.5, 0.6) is 5.75 Å². The van der Waals surface area contributed by atoms with Gasteiger partial charge in [0.15, 0.2) is 5.65 Å². The lowest BCUT2D eigenvalue weighted by molar-refractivity contribution is -0.136. The molecule has 0 fully saturated rings. The van der Waals surface area contributed by atoms with Gasteiger partial charge in [-0.3, -0.25) is 0 Å². The molecule has 0 aliphatic rings. The van der Waals surface area contributed by atoms with Crippen LogP contribution in [0.25, 0.3) is 28.0 Å². The Labute approximate surface area is 179 Å². The van der Waals surface area contributed by atoms with E-state index in [-0.39, 0.29) is 27.4 Å². The lowest BCUT2D eigenvalue weighted by Crippen LogP contribution is -2.08. The number of methoxy groups -OCH3 is 1. The fourth-order valence-electron chi connectivity index (χ4n) is 3.24. The van der Waals surface area contributed by atoms with Crippen molar-refractivity contribution >= 4 is 34.2 Å². The van der Waals surface area contributed by atoms with Gasteiger partial charge in [0.05, 0.1) is 45.2 Å². The SMILES string of the molecule is COc1cccc(-c2cc(C(F)(F)F)c3c(C)nn(-c4ccc(Cl)c(Cl)c4)c3n2)c1. The molecular weight excluding hydrogens is 438 g/mol. The average Bonchev–Trinajstić information content (AvgIpc) is 3.05. The number of rotatable bonds is 3. The predicted octanol–water partition coefficient (Wildman–Crippen LogP) is 6.73. The monoisotopic (exact) mass is 451 g/mol. The lowest BCUT2D eigenvalue weighted by Gasteiger charge is -2.12. The Balaban J connectivity index is 2.05. The molecule has 0 aliphatic carbocycles. The van der Waals surface area contributed by atoms with Crippen molar-refractivity contribution < 1.29 is 17.9 Å². The zero-order chi connectivity index (χ0) is 21.6. The number of halogens is 5. The van der Waals surface area contributed by atoms with E-state index < -0.39 is 11.7 Å². The number of nitrogens with zero attached hydrogens (tertiary/aromatic N) is 3. The van der Waals surface area contributed by atoms with Gasteiger partial charge in [-0.25, -0.2) is 9.67 Å². The van der Waals surface area contributed by atoms with Crippen molar-refractivity contribution in [3.8, 4) is 22.7 Å². The summed E-state index contributed by atoms with van der Waals surface area (Å²) in [5.74, 6) is 0.511. The van der Waals surface area contributed by atoms with E-state index in [4.69, 9.17) is 27.9 Å². The van der Waals surface area contributed by atoms with Gasteiger partial charge in [0.25, 0.3) is 0 Å². The Morgan fingerprint density at radius 1 is 1.00 bits per heavy atom. The molecule has 9 heteroatoms. The third kappa shape index (κ3) is 3.59. The van der Waals surface area contributed by atoms with Gasteiger partial charge in [-0.05, 0) is 43.3 Å². The first-order valence-electron chi connectivity index (χ1n) is 8.76. The van der Waals surface area contributed by atoms with Crippen molar-refractivity contribution in [2.24, 2.45) is 0 Å². The highest BCUT2D eigenvalue weighted by Crippen LogP contribution is 2.39. The van der Waals surface area contributed by atoms with Crippen LogP contribution in [0.3, 0.4) is 0 Å². The summed E-state index contributed by atoms with van der Waals surface area (Å²) in [5.41, 5.74) is 0.544. The quantitative estimate of drug-likeness (QED) is 0.346. The summed E-state index contributed by atoms with van der Waals surface area (Å²) in [6.45, 7) is 1.51. The van der Waals surface area contributed by atoms with Gasteiger partial charge in [-0.15, -0.1) is 0 Å². The van der Waals surface area contributed by atoms with Gasteiger partial charge in [0, 0.05) is 5.56 Å². The number of benzene rings is 2. The molecule has 4 rings (SSSR count). The zero-order valence-electron chi connectivity index (χ0n) is 15.8. The molecule has 0 aliphatic heterocycles. The molecule has 2 heterocycles. The van der Waals surface area contributed by atoms with E-state index in [1.807, 2.05) is 0 Å². The molecule has 0 unspecified atom stereocenters. The van der Waals surface area contributed by atoms with Gasteiger partial charge in [-0.1, -0.05) is 35.3 Å². The first-order chi connectivity index (χ1) is 14.2. The predicted molar refractivity (Wildman–Crippen MR) is 111 cm³/mol. The number of alkyl halides is 3. The summed E-state index contributed by atoms with van der Waals surface area (Å²) in [5, 5.41) is 4.82. The minimum Gasteiger partial charge on any atom is -0.497 e. The van der Waals surface area contributed by atoms with Crippen LogP contribution in [-0.4, -0.2) is 21.9 Å². The smallest absolute Gasteiger partial charge is 0.417 e. The maximum Gasteiger partial charge on any atom is 0.417 e. The summed E-state index contributed by atoms with van der Waals surface area (Å²) in [4.78, 5) is 4.51. The summed E-state index contributed by atoms with van der Waals surface area (Å²) in [6.07, 6.45) is -4.59. The molecule has 0 saturated heterocycles. The maximum absolute atomic E-state index is 13.9. The topological polar surface area (TPSA) is 39.9 Å². The van der Waals surface area contributed by atoms with E-state index in [1.165, 1.54) is 24.8 Å². The minimum atomic E-state index is -4.59. The number of aryl methyl sites for hydroxylation is 1. The number of pyridine rings is 1. The molecule has 30 heavy (non-hydrogen) atoms. The standard InChI is InChI=1S/C21H14Cl2F3N3O/c1-11-19-15(21(24,25)26)10-18(12-4-3-5-14(8-12)30-2)27-20(19)29(28-11)13-6-7-16(22)17(23)9-13/h3-10H,1-2H3. The fraction of sp³-hybridized carbons (Fsp3) is 0.143. The molecule has 2 aromatic carbocycles. The van der Waals surface area contributed by atoms with Gasteiger partial charge in [0.2, 0.25) is 0 Å². The molecule has 4 aromatic rings. The summed E-state index contributed by atoms with van der Waals surface area (Å²) in [7, 11) is 1.49. The van der Waals surface area contributed by atoms with Crippen LogP contribution < -0.4 is 4.74 Å². The lowest BCUT2D eigenvalue weighted by atomic mass is 10.0. The van der Waals surface area contributed by atoms with Crippen molar-refractivity contribution in [2.75, 3.05) is 7.11 Å². The molecule has 4 nitrogen and oxygen atoms in total. The van der Waals surface area contributed by atoms with Crippen LogP contribution in [0.4, 0.5) is 13.2 Å². The van der Waals surface area contributed by atoms with E-state index >= 15 is 0 Å². The van der Waals surface area contributed by atoms with Gasteiger partial charge in [-0.2, -0.15) is 18.3 Å². The number of fused-ring (bicyclic) bond motifs is 1. The molecule has 0 saturated carbocycles. The second kappa shape index (κ2) is 7.49. The molecule has 0 spiro atoms. The number of ether oxygens (including phenoxy) is 1. The van der Waals surface area contributed by atoms with Crippen LogP contribution >= 0.6 is 23.2 Å². The maximum atomic E-state index is 13.9. The highest BCUT2D eigenvalue weighted by molar-refractivity contribution is 6.42. The Morgan fingerprint density at radius 2 is 1.77 bits per heavy atom. The highest BCUT2D eigenvalue weighted by atomic mass is 35.5. The Hall–Kier alpha value is -2.77. The zero-order valence-corrected chi connectivity index (χ0v) is 17.3. The number of hydrogen-bond acceptors (Lipinski definition) is 3. The van der Waals surface area contributed by atoms with E-state index in [0.29, 0.717) is 22.0 Å². The third-order valence-electron chi connectivity index (χ3n) is 4.63. The third-order valence-corrected chi connectivity index (χ3v) is 5.37. The molecule has 0 N–H and O–H groups in total. The molecule has 0 atom stereocenters. The van der Waals surface area contributed by atoms with E-state index in [1.54, 1.807) is 36.4 Å². The van der Waals surface area contributed by atoms with Crippen LogP contribution in [0.15, 0.2) is 48.5 Å². The van der Waals surface area contributed by atoms with Crippen molar-refractivity contribution in [1.29, 1.82) is 0 Å². The van der Waals surface area contributed by atoms with E-state index in [9.17, 15) is 13.2 Å². The Kier molecular flexibility index (Phi) is 5.11. The fourth-order valence-corrected chi connectivity index (χ4v) is 3.53. The van der Waals surface area contributed by atoms with Crippen molar-refractivity contribution in [3.63, 3.8) is 0 Å². The first-order valence-corrected chi connectivity index (χ1v) is 9.52. The van der Waals surface area contributed by atoms with Gasteiger partial charge >= 0.3 is 6.18 Å². The molecule has 0 radical (unpaired) electrons. The average molecular weight is 452 g/mol. The van der Waals surface area contributed by atoms with Crippen molar-refractivity contribution in [3.05, 3.63) is 69.8 Å². The normalized spacial score (nSPS) is 11.8. The summed E-state index contributed by atoms with van der Waals surface area (Å²) < 4.78 is 48.3. The largest absolute Gasteiger partial charge is 0.497 e. The highest BCUT2D eigenvalue weighted by Gasteiger charge is 2.36. The van der Waals surface area contributed by atoms with Crippen LogP contribution in [0.1, 0.15) is 11.3 Å². The van der Waals surface area contributed by atoms with Crippen LogP contribution in [0.2, 0.25) is 10.0 Å². The summed E-state index contributed by atoms with van der Waals surface area (Å²) >= 11 is 12.1. The first kappa shape index (κ1) is 20.5. The Morgan fingerprint density at radius 3 is 2.43 bits per heavy atom. The molecular formula is C21H14Cl2F3N3O. The number of hydrogen-bond donors (Lipinski definition) is 0. The molecule has 0 amide bonds. The van der Waals surface area contributed by atoms with Crippen LogP contribution in [-0.2, 0) is 6.18 Å². The Bertz CT molecular complexity index is 1270. The number of aromatic nitrogens is 3. The molecule has 0 bridgehead atoms. The minimum absolute atomic E-state index is 0.0681. The molecule has 154 valence electrons. The second-order valence-corrected chi connectivity index (χ2v) is 7.39. The summed E-state index contributed by atoms with van der Waals surface area (Å²) in [6, 6.07) is 12.4. The van der Waals surface area contributed by atoms with Gasteiger partial charge < -0.3 is 4.74 Å². The van der Waals surface area contributed by atoms with Crippen LogP contribution in [0, 0.1) is 6.92 Å². The van der Waals surface area contributed by atoms with E-state index in [2.05, 4.69) is 10.1 Å². The van der Waals surface area contributed by atoms with Gasteiger partial charge in [0.1, 0.15) is 5.75 Å². The van der Waals surface area contributed by atoms with E-state index in [0.717, 1.165) is 6.07 Å². The van der Waals surface area contributed by atoms with Crippen molar-refractivity contribution in [2.45, 2.75) is 13.1 Å². The molecule has 2 aromatic heterocycles.